The number of rotatable bonds is 4. The van der Waals surface area contributed by atoms with E-state index in [0.29, 0.717) is 19.1 Å². The van der Waals surface area contributed by atoms with Crippen molar-refractivity contribution in [3.8, 4) is 0 Å². The molecule has 2 aliphatic rings. The van der Waals surface area contributed by atoms with Crippen LogP contribution < -0.4 is 0 Å². The standard InChI is InChI=1S/C16H25N5O3/c1-12-2-4-13(5-3-12)19-6-8-20(9-7-19)16(24)14-10-21(18-17-14)11-15(22)23/h10,12-13H,2-9,11H2,1H3,(H,22,23). The highest BCUT2D eigenvalue weighted by Crippen LogP contribution is 2.27. The lowest BCUT2D eigenvalue weighted by Gasteiger charge is -2.41. The maximum atomic E-state index is 12.5. The second-order valence-electron chi connectivity index (χ2n) is 6.94. The van der Waals surface area contributed by atoms with Gasteiger partial charge in [0, 0.05) is 32.2 Å². The summed E-state index contributed by atoms with van der Waals surface area (Å²) in [7, 11) is 0. The number of aromatic nitrogens is 3. The highest BCUT2D eigenvalue weighted by Gasteiger charge is 2.29. The van der Waals surface area contributed by atoms with Gasteiger partial charge in [0.15, 0.2) is 5.69 Å². The van der Waals surface area contributed by atoms with Crippen molar-refractivity contribution in [2.75, 3.05) is 26.2 Å². The van der Waals surface area contributed by atoms with Crippen LogP contribution in [0.1, 0.15) is 43.1 Å². The summed E-state index contributed by atoms with van der Waals surface area (Å²) in [6.45, 7) is 5.22. The van der Waals surface area contributed by atoms with Gasteiger partial charge in [0.05, 0.1) is 6.20 Å². The van der Waals surface area contributed by atoms with Crippen molar-refractivity contribution in [3.05, 3.63) is 11.9 Å². The van der Waals surface area contributed by atoms with Crippen molar-refractivity contribution in [1.82, 2.24) is 24.8 Å². The number of aliphatic carboxylic acids is 1. The van der Waals surface area contributed by atoms with Crippen molar-refractivity contribution >= 4 is 11.9 Å². The summed E-state index contributed by atoms with van der Waals surface area (Å²) in [5, 5.41) is 16.2. The fourth-order valence-electron chi connectivity index (χ4n) is 3.67. The molecule has 0 bridgehead atoms. The van der Waals surface area contributed by atoms with Gasteiger partial charge in [0.1, 0.15) is 6.54 Å². The van der Waals surface area contributed by atoms with Gasteiger partial charge < -0.3 is 10.0 Å². The number of carbonyl (C=O) groups is 2. The maximum Gasteiger partial charge on any atom is 0.325 e. The minimum atomic E-state index is -1.01. The van der Waals surface area contributed by atoms with Gasteiger partial charge in [0.25, 0.3) is 5.91 Å². The molecule has 2 fully saturated rings. The van der Waals surface area contributed by atoms with Gasteiger partial charge in [-0.1, -0.05) is 12.1 Å². The summed E-state index contributed by atoms with van der Waals surface area (Å²) in [4.78, 5) is 27.4. The Morgan fingerprint density at radius 1 is 1.17 bits per heavy atom. The number of hydrogen-bond acceptors (Lipinski definition) is 5. The van der Waals surface area contributed by atoms with E-state index < -0.39 is 5.97 Å². The van der Waals surface area contributed by atoms with Crippen LogP contribution in [0.15, 0.2) is 6.20 Å². The van der Waals surface area contributed by atoms with E-state index in [-0.39, 0.29) is 18.1 Å². The molecule has 3 rings (SSSR count). The highest BCUT2D eigenvalue weighted by atomic mass is 16.4. The molecule has 1 aliphatic heterocycles. The Morgan fingerprint density at radius 3 is 2.46 bits per heavy atom. The number of hydrogen-bond donors (Lipinski definition) is 1. The van der Waals surface area contributed by atoms with Crippen LogP contribution in [0, 0.1) is 5.92 Å². The lowest BCUT2D eigenvalue weighted by molar-refractivity contribution is -0.137. The largest absolute Gasteiger partial charge is 0.480 e. The van der Waals surface area contributed by atoms with Crippen LogP contribution in [0.2, 0.25) is 0 Å². The zero-order valence-corrected chi connectivity index (χ0v) is 14.1. The summed E-state index contributed by atoms with van der Waals surface area (Å²) in [6, 6.07) is 0.662. The first-order valence-electron chi connectivity index (χ1n) is 8.68. The highest BCUT2D eigenvalue weighted by molar-refractivity contribution is 5.92. The molecule has 1 amide bonds. The van der Waals surface area contributed by atoms with Crippen molar-refractivity contribution in [3.63, 3.8) is 0 Å². The first-order valence-corrected chi connectivity index (χ1v) is 8.68. The topological polar surface area (TPSA) is 91.6 Å². The fourth-order valence-corrected chi connectivity index (χ4v) is 3.67. The molecule has 0 atom stereocenters. The quantitative estimate of drug-likeness (QED) is 0.871. The SMILES string of the molecule is CC1CCC(N2CCN(C(=O)c3cn(CC(=O)O)nn3)CC2)CC1. The Morgan fingerprint density at radius 2 is 1.83 bits per heavy atom. The maximum absolute atomic E-state index is 12.5. The van der Waals surface area contributed by atoms with E-state index in [0.717, 1.165) is 19.0 Å². The number of carbonyl (C=O) groups excluding carboxylic acids is 1. The third kappa shape index (κ3) is 3.92. The third-order valence-corrected chi connectivity index (χ3v) is 5.16. The molecular weight excluding hydrogens is 310 g/mol. The van der Waals surface area contributed by atoms with Crippen LogP contribution in [-0.4, -0.2) is 74.0 Å². The van der Waals surface area contributed by atoms with Crippen molar-refractivity contribution in [2.24, 2.45) is 5.92 Å². The number of nitrogens with zero attached hydrogens (tertiary/aromatic N) is 5. The molecule has 2 heterocycles. The molecule has 0 spiro atoms. The second kappa shape index (κ2) is 7.29. The van der Waals surface area contributed by atoms with E-state index in [1.165, 1.54) is 36.6 Å². The van der Waals surface area contributed by atoms with Crippen molar-refractivity contribution in [2.45, 2.75) is 45.2 Å². The Hall–Kier alpha value is -1.96. The lowest BCUT2D eigenvalue weighted by Crippen LogP contribution is -2.52. The van der Waals surface area contributed by atoms with E-state index >= 15 is 0 Å². The average Bonchev–Trinajstić information content (AvgIpc) is 3.03. The number of carboxylic acid groups (broad SMARTS) is 1. The van der Waals surface area contributed by atoms with Crippen molar-refractivity contribution in [1.29, 1.82) is 0 Å². The Kier molecular flexibility index (Phi) is 5.13. The molecule has 1 aliphatic carbocycles. The third-order valence-electron chi connectivity index (χ3n) is 5.16. The minimum absolute atomic E-state index is 0.163. The second-order valence-corrected chi connectivity index (χ2v) is 6.94. The Balaban J connectivity index is 1.51. The summed E-state index contributed by atoms with van der Waals surface area (Å²) < 4.78 is 1.18. The number of amides is 1. The normalized spacial score (nSPS) is 25.6. The number of piperazine rings is 1. The lowest BCUT2D eigenvalue weighted by atomic mass is 9.86. The van der Waals surface area contributed by atoms with Gasteiger partial charge >= 0.3 is 5.97 Å². The van der Waals surface area contributed by atoms with Gasteiger partial charge in [0.2, 0.25) is 0 Å². The van der Waals surface area contributed by atoms with Gasteiger partial charge in [-0.3, -0.25) is 14.5 Å². The van der Waals surface area contributed by atoms with Crippen LogP contribution in [0.3, 0.4) is 0 Å². The van der Waals surface area contributed by atoms with Crippen molar-refractivity contribution < 1.29 is 14.7 Å². The van der Waals surface area contributed by atoms with Crippen LogP contribution in [-0.2, 0) is 11.3 Å². The summed E-state index contributed by atoms with van der Waals surface area (Å²) in [6.07, 6.45) is 6.54. The fraction of sp³-hybridized carbons (Fsp3) is 0.750. The smallest absolute Gasteiger partial charge is 0.325 e. The summed E-state index contributed by atoms with van der Waals surface area (Å²) >= 11 is 0. The zero-order valence-electron chi connectivity index (χ0n) is 14.1. The molecule has 8 nitrogen and oxygen atoms in total. The molecule has 1 saturated carbocycles. The summed E-state index contributed by atoms with van der Waals surface area (Å²) in [5.74, 6) is -0.324. The van der Waals surface area contributed by atoms with E-state index in [9.17, 15) is 9.59 Å². The molecule has 24 heavy (non-hydrogen) atoms. The van der Waals surface area contributed by atoms with Crippen LogP contribution >= 0.6 is 0 Å². The first kappa shape index (κ1) is 16.9. The minimum Gasteiger partial charge on any atom is -0.480 e. The summed E-state index contributed by atoms with van der Waals surface area (Å²) in [5.41, 5.74) is 0.219. The first-order chi connectivity index (χ1) is 11.5. The molecule has 1 aromatic rings. The van der Waals surface area contributed by atoms with Crippen LogP contribution in [0.5, 0.6) is 0 Å². The van der Waals surface area contributed by atoms with E-state index in [1.807, 2.05) is 0 Å². The van der Waals surface area contributed by atoms with Gasteiger partial charge in [-0.05, 0) is 31.6 Å². The van der Waals surface area contributed by atoms with Crippen LogP contribution in [0.25, 0.3) is 0 Å². The molecule has 0 unspecified atom stereocenters. The van der Waals surface area contributed by atoms with Gasteiger partial charge in [-0.25, -0.2) is 4.68 Å². The molecule has 1 N–H and O–H groups in total. The monoisotopic (exact) mass is 335 g/mol. The van der Waals surface area contributed by atoms with Crippen LogP contribution in [0.4, 0.5) is 0 Å². The van der Waals surface area contributed by atoms with E-state index in [2.05, 4.69) is 22.1 Å². The molecular formula is C16H25N5O3. The van der Waals surface area contributed by atoms with Gasteiger partial charge in [-0.2, -0.15) is 0 Å². The zero-order chi connectivity index (χ0) is 17.1. The number of carboxylic acids is 1. The molecule has 1 aromatic heterocycles. The van der Waals surface area contributed by atoms with E-state index in [4.69, 9.17) is 5.11 Å². The average molecular weight is 335 g/mol. The molecule has 1 saturated heterocycles. The molecule has 0 aromatic carbocycles. The molecule has 0 radical (unpaired) electrons. The predicted octanol–water partition coefficient (Wildman–Crippen LogP) is 0.699. The Bertz CT molecular complexity index is 586. The molecule has 8 heteroatoms. The Labute approximate surface area is 141 Å². The van der Waals surface area contributed by atoms with Gasteiger partial charge in [-0.15, -0.1) is 5.10 Å². The predicted molar refractivity (Wildman–Crippen MR) is 86.6 cm³/mol. The molecule has 132 valence electrons. The van der Waals surface area contributed by atoms with E-state index in [1.54, 1.807) is 4.90 Å².